The standard InChI is InChI=1S/C11H20N4/c1-4-5-6-7-11(14-12)10-8-13-15(3)9(10)2/h4,8,11,14H,1,5-7,12H2,2-3H3. The largest absolute Gasteiger partial charge is 0.273 e. The van der Waals surface area contributed by atoms with Gasteiger partial charge in [-0.05, 0) is 26.2 Å². The van der Waals surface area contributed by atoms with Crippen LogP contribution >= 0.6 is 0 Å². The first-order valence-corrected chi connectivity index (χ1v) is 5.26. The van der Waals surface area contributed by atoms with Gasteiger partial charge in [-0.1, -0.05) is 6.08 Å². The lowest BCUT2D eigenvalue weighted by Crippen LogP contribution is -2.28. The molecular weight excluding hydrogens is 188 g/mol. The van der Waals surface area contributed by atoms with Gasteiger partial charge >= 0.3 is 0 Å². The summed E-state index contributed by atoms with van der Waals surface area (Å²) >= 11 is 0. The molecule has 1 aromatic rings. The normalized spacial score (nSPS) is 12.7. The Kier molecular flexibility index (Phi) is 4.52. The van der Waals surface area contributed by atoms with Crippen molar-refractivity contribution in [3.63, 3.8) is 0 Å². The number of nitrogens with two attached hydrogens (primary N) is 1. The highest BCUT2D eigenvalue weighted by molar-refractivity contribution is 5.20. The number of hydrogen-bond acceptors (Lipinski definition) is 3. The number of aryl methyl sites for hydroxylation is 1. The van der Waals surface area contributed by atoms with E-state index in [9.17, 15) is 0 Å². The smallest absolute Gasteiger partial charge is 0.0540 e. The van der Waals surface area contributed by atoms with Crippen molar-refractivity contribution in [3.8, 4) is 0 Å². The maximum absolute atomic E-state index is 5.55. The molecule has 1 atom stereocenters. The van der Waals surface area contributed by atoms with E-state index in [-0.39, 0.29) is 6.04 Å². The van der Waals surface area contributed by atoms with E-state index in [1.54, 1.807) is 0 Å². The Morgan fingerprint density at radius 2 is 2.47 bits per heavy atom. The first-order chi connectivity index (χ1) is 7.20. The average Bonchev–Trinajstić information content (AvgIpc) is 2.56. The Morgan fingerprint density at radius 1 is 1.73 bits per heavy atom. The van der Waals surface area contributed by atoms with Crippen LogP contribution in [0.5, 0.6) is 0 Å². The highest BCUT2D eigenvalue weighted by Crippen LogP contribution is 2.21. The summed E-state index contributed by atoms with van der Waals surface area (Å²) in [5.41, 5.74) is 5.19. The van der Waals surface area contributed by atoms with Crippen LogP contribution in [-0.4, -0.2) is 9.78 Å². The first-order valence-electron chi connectivity index (χ1n) is 5.26. The molecule has 4 heteroatoms. The molecular formula is C11H20N4. The minimum atomic E-state index is 0.193. The zero-order valence-corrected chi connectivity index (χ0v) is 9.53. The molecule has 3 N–H and O–H groups in total. The molecule has 0 radical (unpaired) electrons. The van der Waals surface area contributed by atoms with Crippen molar-refractivity contribution in [1.82, 2.24) is 15.2 Å². The van der Waals surface area contributed by atoms with Crippen molar-refractivity contribution < 1.29 is 0 Å². The summed E-state index contributed by atoms with van der Waals surface area (Å²) in [6.45, 7) is 5.77. The molecule has 1 unspecified atom stereocenters. The first kappa shape index (κ1) is 11.9. The highest BCUT2D eigenvalue weighted by Gasteiger charge is 2.14. The van der Waals surface area contributed by atoms with Gasteiger partial charge in [0.05, 0.1) is 6.20 Å². The number of aromatic nitrogens is 2. The van der Waals surface area contributed by atoms with Gasteiger partial charge in [-0.15, -0.1) is 6.58 Å². The van der Waals surface area contributed by atoms with E-state index in [4.69, 9.17) is 5.84 Å². The fourth-order valence-corrected chi connectivity index (χ4v) is 1.65. The lowest BCUT2D eigenvalue weighted by molar-refractivity contribution is 0.498. The molecule has 0 aliphatic rings. The maximum Gasteiger partial charge on any atom is 0.0540 e. The molecule has 0 saturated heterocycles. The number of hydrogen-bond donors (Lipinski definition) is 2. The van der Waals surface area contributed by atoms with E-state index in [0.29, 0.717) is 0 Å². The Hall–Kier alpha value is -1.13. The lowest BCUT2D eigenvalue weighted by atomic mass is 10.0. The molecule has 0 fully saturated rings. The minimum Gasteiger partial charge on any atom is -0.273 e. The van der Waals surface area contributed by atoms with Gasteiger partial charge in [0.25, 0.3) is 0 Å². The number of hydrazine groups is 1. The molecule has 1 heterocycles. The van der Waals surface area contributed by atoms with Crippen molar-refractivity contribution in [3.05, 3.63) is 30.1 Å². The maximum atomic E-state index is 5.55. The van der Waals surface area contributed by atoms with Gasteiger partial charge in [0.1, 0.15) is 0 Å². The second kappa shape index (κ2) is 5.68. The third-order valence-corrected chi connectivity index (χ3v) is 2.75. The summed E-state index contributed by atoms with van der Waals surface area (Å²) in [5.74, 6) is 5.55. The van der Waals surface area contributed by atoms with Crippen molar-refractivity contribution in [2.45, 2.75) is 32.2 Å². The second-order valence-electron chi connectivity index (χ2n) is 3.75. The van der Waals surface area contributed by atoms with Gasteiger partial charge in [-0.2, -0.15) is 5.10 Å². The van der Waals surface area contributed by atoms with Crippen LogP contribution in [0.1, 0.15) is 36.6 Å². The number of allylic oxidation sites excluding steroid dienone is 1. The molecule has 0 aromatic carbocycles. The summed E-state index contributed by atoms with van der Waals surface area (Å²) in [4.78, 5) is 0. The van der Waals surface area contributed by atoms with Crippen LogP contribution < -0.4 is 11.3 Å². The second-order valence-corrected chi connectivity index (χ2v) is 3.75. The molecule has 1 aromatic heterocycles. The van der Waals surface area contributed by atoms with Gasteiger partial charge in [0.2, 0.25) is 0 Å². The van der Waals surface area contributed by atoms with E-state index in [1.807, 2.05) is 24.0 Å². The van der Waals surface area contributed by atoms with Gasteiger partial charge in [-0.25, -0.2) is 0 Å². The number of nitrogens with zero attached hydrogens (tertiary/aromatic N) is 2. The van der Waals surface area contributed by atoms with Gasteiger partial charge < -0.3 is 0 Å². The zero-order valence-electron chi connectivity index (χ0n) is 9.53. The third kappa shape index (κ3) is 2.91. The molecule has 4 nitrogen and oxygen atoms in total. The van der Waals surface area contributed by atoms with Gasteiger partial charge in [-0.3, -0.25) is 16.0 Å². The van der Waals surface area contributed by atoms with Crippen LogP contribution in [0, 0.1) is 6.92 Å². The molecule has 0 saturated carbocycles. The highest BCUT2D eigenvalue weighted by atomic mass is 15.3. The van der Waals surface area contributed by atoms with Crippen LogP contribution in [-0.2, 0) is 7.05 Å². The van der Waals surface area contributed by atoms with Gasteiger partial charge in [0, 0.05) is 24.3 Å². The molecule has 0 aliphatic carbocycles. The zero-order chi connectivity index (χ0) is 11.3. The summed E-state index contributed by atoms with van der Waals surface area (Å²) in [6, 6.07) is 0.193. The Bertz CT molecular complexity index is 316. The quantitative estimate of drug-likeness (QED) is 0.323. The van der Waals surface area contributed by atoms with Crippen LogP contribution in [0.2, 0.25) is 0 Å². The van der Waals surface area contributed by atoms with Crippen LogP contribution in [0.4, 0.5) is 0 Å². The fourth-order valence-electron chi connectivity index (χ4n) is 1.65. The summed E-state index contributed by atoms with van der Waals surface area (Å²) in [6.07, 6.45) is 6.94. The molecule has 1 rings (SSSR count). The minimum absolute atomic E-state index is 0.193. The van der Waals surface area contributed by atoms with Crippen molar-refractivity contribution in [2.75, 3.05) is 0 Å². The Balaban J connectivity index is 2.65. The van der Waals surface area contributed by atoms with E-state index in [1.165, 1.54) is 5.56 Å². The van der Waals surface area contributed by atoms with Crippen molar-refractivity contribution in [1.29, 1.82) is 0 Å². The number of nitrogens with one attached hydrogen (secondary N) is 1. The number of unbranched alkanes of at least 4 members (excludes halogenated alkanes) is 1. The molecule has 84 valence electrons. The number of rotatable bonds is 6. The lowest BCUT2D eigenvalue weighted by Gasteiger charge is -2.14. The predicted molar refractivity (Wildman–Crippen MR) is 62.1 cm³/mol. The summed E-state index contributed by atoms with van der Waals surface area (Å²) < 4.78 is 1.87. The van der Waals surface area contributed by atoms with Crippen LogP contribution in [0.25, 0.3) is 0 Å². The Labute approximate surface area is 91.1 Å². The summed E-state index contributed by atoms with van der Waals surface area (Å²) in [5, 5.41) is 4.21. The Morgan fingerprint density at radius 3 is 2.93 bits per heavy atom. The summed E-state index contributed by atoms with van der Waals surface area (Å²) in [7, 11) is 1.94. The predicted octanol–water partition coefficient (Wildman–Crippen LogP) is 1.59. The van der Waals surface area contributed by atoms with E-state index in [0.717, 1.165) is 25.0 Å². The van der Waals surface area contributed by atoms with Crippen LogP contribution in [0.15, 0.2) is 18.9 Å². The molecule has 0 bridgehead atoms. The topological polar surface area (TPSA) is 55.9 Å². The van der Waals surface area contributed by atoms with Crippen molar-refractivity contribution in [2.24, 2.45) is 12.9 Å². The van der Waals surface area contributed by atoms with E-state index < -0.39 is 0 Å². The molecule has 15 heavy (non-hydrogen) atoms. The molecule has 0 aliphatic heterocycles. The fraction of sp³-hybridized carbons (Fsp3) is 0.545. The third-order valence-electron chi connectivity index (χ3n) is 2.75. The van der Waals surface area contributed by atoms with Gasteiger partial charge in [0.15, 0.2) is 0 Å². The van der Waals surface area contributed by atoms with Crippen molar-refractivity contribution >= 4 is 0 Å². The monoisotopic (exact) mass is 208 g/mol. The van der Waals surface area contributed by atoms with Crippen LogP contribution in [0.3, 0.4) is 0 Å². The SMILES string of the molecule is C=CCCCC(NN)c1cnn(C)c1C. The average molecular weight is 208 g/mol. The molecule has 0 amide bonds. The van der Waals surface area contributed by atoms with E-state index >= 15 is 0 Å². The molecule has 0 spiro atoms. The van der Waals surface area contributed by atoms with E-state index in [2.05, 4.69) is 24.0 Å².